The summed E-state index contributed by atoms with van der Waals surface area (Å²) in [4.78, 5) is 28.1. The first-order valence-corrected chi connectivity index (χ1v) is 8.28. The van der Waals surface area contributed by atoms with E-state index in [2.05, 4.69) is 10.2 Å². The lowest BCUT2D eigenvalue weighted by molar-refractivity contribution is -0.127. The molecule has 1 fully saturated rings. The van der Waals surface area contributed by atoms with Gasteiger partial charge in [0.05, 0.1) is 12.8 Å². The minimum absolute atomic E-state index is 0.0372. The summed E-state index contributed by atoms with van der Waals surface area (Å²) in [7, 11) is 0. The molecular weight excluding hydrogens is 318 g/mol. The fourth-order valence-electron chi connectivity index (χ4n) is 2.70. The zero-order valence-electron chi connectivity index (χ0n) is 13.9. The Morgan fingerprint density at radius 3 is 2.48 bits per heavy atom. The van der Waals surface area contributed by atoms with Gasteiger partial charge in [0.1, 0.15) is 5.76 Å². The highest BCUT2D eigenvalue weighted by Gasteiger charge is 2.21. The maximum Gasteiger partial charge on any atom is 0.246 e. The highest BCUT2D eigenvalue weighted by atomic mass is 16.3. The molecule has 0 spiro atoms. The van der Waals surface area contributed by atoms with Crippen molar-refractivity contribution in [2.24, 2.45) is 0 Å². The average Bonchev–Trinajstić information content (AvgIpc) is 3.14. The molecule has 0 bridgehead atoms. The van der Waals surface area contributed by atoms with Crippen LogP contribution in [0.4, 0.5) is 5.69 Å². The molecule has 6 heteroatoms. The lowest BCUT2D eigenvalue weighted by atomic mass is 10.2. The van der Waals surface area contributed by atoms with Gasteiger partial charge in [-0.2, -0.15) is 0 Å². The summed E-state index contributed by atoms with van der Waals surface area (Å²) in [6.07, 6.45) is 4.77. The number of furan rings is 1. The van der Waals surface area contributed by atoms with Gasteiger partial charge in [0.2, 0.25) is 11.8 Å². The Labute approximate surface area is 146 Å². The molecule has 1 aliphatic rings. The Morgan fingerprint density at radius 2 is 1.80 bits per heavy atom. The monoisotopic (exact) mass is 339 g/mol. The molecule has 2 aromatic rings. The summed E-state index contributed by atoms with van der Waals surface area (Å²) >= 11 is 0. The van der Waals surface area contributed by atoms with Gasteiger partial charge in [-0.3, -0.25) is 14.5 Å². The van der Waals surface area contributed by atoms with Gasteiger partial charge < -0.3 is 14.6 Å². The van der Waals surface area contributed by atoms with Gasteiger partial charge in [-0.15, -0.1) is 0 Å². The second kappa shape index (κ2) is 8.30. The van der Waals surface area contributed by atoms with Gasteiger partial charge in [-0.1, -0.05) is 18.2 Å². The van der Waals surface area contributed by atoms with Crippen molar-refractivity contribution in [3.05, 3.63) is 60.6 Å². The minimum Gasteiger partial charge on any atom is -0.465 e. The normalized spacial score (nSPS) is 15.4. The number of benzene rings is 1. The number of para-hydroxylation sites is 1. The van der Waals surface area contributed by atoms with Gasteiger partial charge in [-0.05, 0) is 30.3 Å². The van der Waals surface area contributed by atoms with Crippen molar-refractivity contribution in [3.8, 4) is 0 Å². The van der Waals surface area contributed by atoms with Crippen molar-refractivity contribution in [1.29, 1.82) is 0 Å². The van der Waals surface area contributed by atoms with E-state index in [0.29, 0.717) is 38.5 Å². The lowest BCUT2D eigenvalue weighted by Crippen LogP contribution is -2.50. The Kier molecular flexibility index (Phi) is 5.64. The van der Waals surface area contributed by atoms with Crippen LogP contribution in [0.15, 0.2) is 59.2 Å². The summed E-state index contributed by atoms with van der Waals surface area (Å²) in [5, 5.41) is 2.88. The molecule has 0 aliphatic carbocycles. The number of nitrogens with one attached hydrogen (secondary N) is 1. The number of hydrogen-bond donors (Lipinski definition) is 1. The van der Waals surface area contributed by atoms with Crippen molar-refractivity contribution in [3.63, 3.8) is 0 Å². The van der Waals surface area contributed by atoms with Crippen LogP contribution in [0.5, 0.6) is 0 Å². The van der Waals surface area contributed by atoms with Crippen LogP contribution in [0, 0.1) is 0 Å². The van der Waals surface area contributed by atoms with E-state index in [1.807, 2.05) is 30.3 Å². The van der Waals surface area contributed by atoms with E-state index in [1.54, 1.807) is 29.4 Å². The highest BCUT2D eigenvalue weighted by Crippen LogP contribution is 2.08. The lowest BCUT2D eigenvalue weighted by Gasteiger charge is -2.33. The van der Waals surface area contributed by atoms with Crippen LogP contribution in [0.1, 0.15) is 5.76 Å². The third kappa shape index (κ3) is 5.06. The molecule has 0 atom stereocenters. The first-order valence-electron chi connectivity index (χ1n) is 8.28. The number of anilines is 1. The fourth-order valence-corrected chi connectivity index (χ4v) is 2.70. The molecule has 1 N–H and O–H groups in total. The molecule has 0 radical (unpaired) electrons. The molecule has 2 heterocycles. The van der Waals surface area contributed by atoms with E-state index in [-0.39, 0.29) is 11.8 Å². The summed E-state index contributed by atoms with van der Waals surface area (Å²) in [5.74, 6) is 0.582. The second-order valence-corrected chi connectivity index (χ2v) is 5.86. The van der Waals surface area contributed by atoms with Gasteiger partial charge in [0.15, 0.2) is 0 Å². The number of amides is 2. The summed E-state index contributed by atoms with van der Waals surface area (Å²) in [5.41, 5.74) is 0.796. The predicted molar refractivity (Wildman–Crippen MR) is 95.8 cm³/mol. The minimum atomic E-state index is -0.0382. The summed E-state index contributed by atoms with van der Waals surface area (Å²) in [6, 6.07) is 13.0. The average molecular weight is 339 g/mol. The maximum atomic E-state index is 12.2. The van der Waals surface area contributed by atoms with Gasteiger partial charge in [0, 0.05) is 37.9 Å². The smallest absolute Gasteiger partial charge is 0.246 e. The van der Waals surface area contributed by atoms with Crippen molar-refractivity contribution >= 4 is 23.6 Å². The summed E-state index contributed by atoms with van der Waals surface area (Å²) in [6.45, 7) is 2.92. The Bertz CT molecular complexity index is 718. The number of nitrogens with zero attached hydrogens (tertiary/aromatic N) is 2. The molecule has 25 heavy (non-hydrogen) atoms. The number of carbonyl (C=O) groups excluding carboxylic acids is 2. The molecule has 1 aliphatic heterocycles. The number of rotatable bonds is 5. The molecular formula is C19H21N3O3. The molecule has 0 unspecified atom stereocenters. The zero-order chi connectivity index (χ0) is 17.5. The van der Waals surface area contributed by atoms with E-state index in [1.165, 1.54) is 6.08 Å². The largest absolute Gasteiger partial charge is 0.465 e. The van der Waals surface area contributed by atoms with Crippen LogP contribution in [-0.2, 0) is 9.59 Å². The van der Waals surface area contributed by atoms with Crippen LogP contribution < -0.4 is 5.32 Å². The fraction of sp³-hybridized carbons (Fsp3) is 0.263. The Balaban J connectivity index is 1.42. The first kappa shape index (κ1) is 17.0. The Morgan fingerprint density at radius 1 is 1.04 bits per heavy atom. The van der Waals surface area contributed by atoms with Crippen molar-refractivity contribution in [2.45, 2.75) is 0 Å². The van der Waals surface area contributed by atoms with Crippen molar-refractivity contribution in [2.75, 3.05) is 38.0 Å². The first-order chi connectivity index (χ1) is 12.2. The van der Waals surface area contributed by atoms with E-state index < -0.39 is 0 Å². The van der Waals surface area contributed by atoms with Crippen molar-refractivity contribution < 1.29 is 14.0 Å². The van der Waals surface area contributed by atoms with Gasteiger partial charge >= 0.3 is 0 Å². The highest BCUT2D eigenvalue weighted by molar-refractivity contribution is 5.92. The maximum absolute atomic E-state index is 12.2. The molecule has 0 saturated carbocycles. The van der Waals surface area contributed by atoms with E-state index in [9.17, 15) is 9.59 Å². The number of piperazine rings is 1. The van der Waals surface area contributed by atoms with Crippen LogP contribution in [0.3, 0.4) is 0 Å². The third-order valence-electron chi connectivity index (χ3n) is 4.04. The van der Waals surface area contributed by atoms with Gasteiger partial charge in [-0.25, -0.2) is 0 Å². The van der Waals surface area contributed by atoms with Crippen LogP contribution in [0.25, 0.3) is 6.08 Å². The van der Waals surface area contributed by atoms with Crippen LogP contribution >= 0.6 is 0 Å². The van der Waals surface area contributed by atoms with E-state index in [4.69, 9.17) is 4.42 Å². The quantitative estimate of drug-likeness (QED) is 0.847. The van der Waals surface area contributed by atoms with E-state index in [0.717, 1.165) is 5.69 Å². The van der Waals surface area contributed by atoms with Crippen molar-refractivity contribution in [1.82, 2.24) is 9.80 Å². The summed E-state index contributed by atoms with van der Waals surface area (Å²) < 4.78 is 5.17. The SMILES string of the molecule is O=C(CN1CCN(C(=O)/C=C/c2ccco2)CC1)Nc1ccccc1. The third-order valence-corrected chi connectivity index (χ3v) is 4.04. The predicted octanol–water partition coefficient (Wildman–Crippen LogP) is 2.08. The molecule has 2 amide bonds. The number of hydrogen-bond acceptors (Lipinski definition) is 4. The van der Waals surface area contributed by atoms with Crippen LogP contribution in [-0.4, -0.2) is 54.3 Å². The molecule has 1 aromatic heterocycles. The number of carbonyl (C=O) groups is 2. The second-order valence-electron chi connectivity index (χ2n) is 5.86. The topological polar surface area (TPSA) is 65.8 Å². The molecule has 1 saturated heterocycles. The van der Waals surface area contributed by atoms with Crippen LogP contribution in [0.2, 0.25) is 0 Å². The Hall–Kier alpha value is -2.86. The molecule has 1 aromatic carbocycles. The zero-order valence-corrected chi connectivity index (χ0v) is 13.9. The molecule has 3 rings (SSSR count). The van der Waals surface area contributed by atoms with E-state index >= 15 is 0 Å². The molecule has 6 nitrogen and oxygen atoms in total. The van der Waals surface area contributed by atoms with Gasteiger partial charge in [0.25, 0.3) is 0 Å². The standard InChI is InChI=1S/C19H21N3O3/c23-18(20-16-5-2-1-3-6-16)15-21-10-12-22(13-11-21)19(24)9-8-17-7-4-14-25-17/h1-9,14H,10-13,15H2,(H,20,23)/b9-8+. The molecule has 130 valence electrons.